The molecule has 0 fully saturated rings. The minimum Gasteiger partial charge on any atom is -0.462 e. The van der Waals surface area contributed by atoms with Crippen LogP contribution < -0.4 is 0 Å². The Morgan fingerprint density at radius 3 is 0.723 bits per heavy atom. The van der Waals surface area contributed by atoms with Crippen LogP contribution in [-0.4, -0.2) is 96.7 Å². The summed E-state index contributed by atoms with van der Waals surface area (Å²) >= 11 is 0. The number of aliphatic hydroxyl groups excluding tert-OH is 1. The van der Waals surface area contributed by atoms with Crippen LogP contribution >= 0.6 is 15.6 Å². The van der Waals surface area contributed by atoms with E-state index in [9.17, 15) is 43.2 Å². The lowest BCUT2D eigenvalue weighted by atomic mass is 10.0. The minimum absolute atomic E-state index is 0.107. The first-order valence-corrected chi connectivity index (χ1v) is 42.1. The van der Waals surface area contributed by atoms with E-state index in [1.54, 1.807) is 0 Å². The summed E-state index contributed by atoms with van der Waals surface area (Å²) in [6.07, 6.45) is 56.9. The smallest absolute Gasteiger partial charge is 0.462 e. The number of aliphatic hydroxyl groups is 1. The van der Waals surface area contributed by atoms with Gasteiger partial charge in [-0.1, -0.05) is 343 Å². The van der Waals surface area contributed by atoms with Crippen LogP contribution in [0.15, 0.2) is 0 Å². The van der Waals surface area contributed by atoms with Gasteiger partial charge in [0.2, 0.25) is 0 Å². The summed E-state index contributed by atoms with van der Waals surface area (Å²) in [6, 6.07) is 0. The fourth-order valence-corrected chi connectivity index (χ4v) is 13.1. The Kier molecular flexibility index (Phi) is 66.8. The number of carbonyl (C=O) groups excluding carboxylic acids is 4. The van der Waals surface area contributed by atoms with Gasteiger partial charge in [-0.3, -0.25) is 37.3 Å². The van der Waals surface area contributed by atoms with E-state index in [-0.39, 0.29) is 25.7 Å². The van der Waals surface area contributed by atoms with Crippen LogP contribution in [0.2, 0.25) is 0 Å². The van der Waals surface area contributed by atoms with Gasteiger partial charge in [0.1, 0.15) is 19.3 Å². The minimum atomic E-state index is -4.96. The topological polar surface area (TPSA) is 237 Å². The van der Waals surface area contributed by atoms with E-state index in [0.717, 1.165) is 102 Å². The first-order valence-electron chi connectivity index (χ1n) is 39.1. The zero-order chi connectivity index (χ0) is 69.1. The van der Waals surface area contributed by atoms with Gasteiger partial charge >= 0.3 is 39.5 Å². The van der Waals surface area contributed by atoms with Gasteiger partial charge in [0.05, 0.1) is 26.4 Å². The molecule has 5 atom stereocenters. The Labute approximate surface area is 575 Å². The van der Waals surface area contributed by atoms with Crippen molar-refractivity contribution in [3.63, 3.8) is 0 Å². The van der Waals surface area contributed by atoms with Gasteiger partial charge in [0, 0.05) is 25.7 Å². The molecule has 0 aromatic carbocycles. The molecule has 558 valence electrons. The Balaban J connectivity index is 5.19. The second-order valence-electron chi connectivity index (χ2n) is 27.5. The second-order valence-corrected chi connectivity index (χ2v) is 30.4. The van der Waals surface area contributed by atoms with E-state index in [0.29, 0.717) is 25.7 Å². The van der Waals surface area contributed by atoms with Gasteiger partial charge in [-0.25, -0.2) is 9.13 Å². The number of carbonyl (C=O) groups is 4. The van der Waals surface area contributed by atoms with Gasteiger partial charge in [0.25, 0.3) is 0 Å². The maximum Gasteiger partial charge on any atom is 0.472 e. The molecular formula is C75H146O17P2. The Bertz CT molecular complexity index is 1810. The third kappa shape index (κ3) is 68.6. The lowest BCUT2D eigenvalue weighted by Gasteiger charge is -2.21. The van der Waals surface area contributed by atoms with Crippen molar-refractivity contribution in [1.82, 2.24) is 0 Å². The quantitative estimate of drug-likeness (QED) is 0.0222. The van der Waals surface area contributed by atoms with Crippen molar-refractivity contribution in [1.29, 1.82) is 0 Å². The fourth-order valence-electron chi connectivity index (χ4n) is 11.5. The summed E-state index contributed by atoms with van der Waals surface area (Å²) in [4.78, 5) is 72.6. The van der Waals surface area contributed by atoms with E-state index in [4.69, 9.17) is 37.0 Å². The molecule has 0 bridgehead atoms. The highest BCUT2D eigenvalue weighted by atomic mass is 31.2. The molecule has 19 heteroatoms. The third-order valence-corrected chi connectivity index (χ3v) is 19.4. The highest BCUT2D eigenvalue weighted by Gasteiger charge is 2.30. The van der Waals surface area contributed by atoms with E-state index < -0.39 is 97.5 Å². The van der Waals surface area contributed by atoms with E-state index in [2.05, 4.69) is 34.6 Å². The zero-order valence-corrected chi connectivity index (χ0v) is 62.9. The van der Waals surface area contributed by atoms with Crippen molar-refractivity contribution in [2.24, 2.45) is 5.92 Å². The molecule has 0 aliphatic heterocycles. The first-order chi connectivity index (χ1) is 45.5. The van der Waals surface area contributed by atoms with Gasteiger partial charge in [0.15, 0.2) is 12.2 Å². The highest BCUT2D eigenvalue weighted by Crippen LogP contribution is 2.45. The fraction of sp³-hybridized carbons (Fsp3) is 0.947. The van der Waals surface area contributed by atoms with Gasteiger partial charge in [-0.05, 0) is 31.6 Å². The van der Waals surface area contributed by atoms with Crippen LogP contribution in [0.4, 0.5) is 0 Å². The maximum absolute atomic E-state index is 13.1. The maximum atomic E-state index is 13.1. The molecule has 0 aliphatic rings. The average molecular weight is 1380 g/mol. The predicted octanol–water partition coefficient (Wildman–Crippen LogP) is 22.1. The van der Waals surface area contributed by atoms with Crippen LogP contribution in [0.5, 0.6) is 0 Å². The second kappa shape index (κ2) is 68.2. The lowest BCUT2D eigenvalue weighted by molar-refractivity contribution is -0.161. The Hall–Kier alpha value is -1.94. The monoisotopic (exact) mass is 1380 g/mol. The summed E-state index contributed by atoms with van der Waals surface area (Å²) < 4.78 is 68.4. The van der Waals surface area contributed by atoms with Crippen molar-refractivity contribution in [3.8, 4) is 0 Å². The molecule has 94 heavy (non-hydrogen) atoms. The molecule has 0 aliphatic carbocycles. The highest BCUT2D eigenvalue weighted by molar-refractivity contribution is 7.47. The SMILES string of the molecule is CCCCCCCCCCCCCCCCCCC(=O)OC[C@H](COP(=O)(O)OC[C@@H](O)COP(=O)(O)OC[C@@H](COC(=O)CCCCCCCCCC)OC(=O)CCCCCCCCCCCCC)OC(=O)CCCCCCCCCCCCCCCCCCC(C)C. The van der Waals surface area contributed by atoms with Crippen LogP contribution in [0, 0.1) is 5.92 Å². The number of hydrogen-bond acceptors (Lipinski definition) is 15. The standard InChI is InChI=1S/C75H146O17P2/c1-6-9-12-15-18-21-23-24-25-29-32-36-39-44-49-54-59-73(78)86-65-71(92-75(80)61-56-51-46-41-37-33-30-27-26-28-31-35-38-42-47-52-57-68(4)5)67-90-94(83,84)88-63-69(76)62-87-93(81,82)89-66-70(64-85-72(77)58-53-48-43-20-17-14-11-8-3)91-74(79)60-55-50-45-40-34-22-19-16-13-10-7-2/h68-71,76H,6-67H2,1-5H3,(H,81,82)(H,83,84)/t69-,70+,71+/m0/s1. The molecule has 17 nitrogen and oxygen atoms in total. The summed E-state index contributed by atoms with van der Waals surface area (Å²) in [7, 11) is -9.90. The van der Waals surface area contributed by atoms with E-state index >= 15 is 0 Å². The summed E-state index contributed by atoms with van der Waals surface area (Å²) in [5.74, 6) is -1.31. The van der Waals surface area contributed by atoms with Gasteiger partial charge in [-0.15, -0.1) is 0 Å². The molecule has 0 heterocycles. The van der Waals surface area contributed by atoms with Crippen molar-refractivity contribution < 1.29 is 80.2 Å². The molecule has 0 amide bonds. The summed E-state index contributed by atoms with van der Waals surface area (Å²) in [5.41, 5.74) is 0. The van der Waals surface area contributed by atoms with Crippen molar-refractivity contribution in [2.45, 2.75) is 412 Å². The number of phosphoric ester groups is 2. The normalized spacial score (nSPS) is 14.0. The molecule has 0 saturated carbocycles. The molecule has 0 aromatic heterocycles. The van der Waals surface area contributed by atoms with Crippen LogP contribution in [0.25, 0.3) is 0 Å². The molecule has 0 rings (SSSR count). The largest absolute Gasteiger partial charge is 0.472 e. The molecule has 0 aromatic rings. The van der Waals surface area contributed by atoms with Gasteiger partial charge < -0.3 is 33.8 Å². The number of esters is 4. The van der Waals surface area contributed by atoms with Crippen LogP contribution in [0.1, 0.15) is 394 Å². The molecule has 0 radical (unpaired) electrons. The number of hydrogen-bond donors (Lipinski definition) is 3. The third-order valence-electron chi connectivity index (χ3n) is 17.5. The lowest BCUT2D eigenvalue weighted by Crippen LogP contribution is -2.30. The zero-order valence-electron chi connectivity index (χ0n) is 61.1. The number of rotatable bonds is 75. The van der Waals surface area contributed by atoms with Gasteiger partial charge in [-0.2, -0.15) is 0 Å². The number of unbranched alkanes of at least 4 members (excludes halogenated alkanes) is 47. The molecule has 3 N–H and O–H groups in total. The average Bonchev–Trinajstić information content (AvgIpc) is 1.88. The van der Waals surface area contributed by atoms with Crippen molar-refractivity contribution in [2.75, 3.05) is 39.6 Å². The number of phosphoric acid groups is 2. The first kappa shape index (κ1) is 92.1. The summed E-state index contributed by atoms with van der Waals surface area (Å²) in [6.45, 7) is 7.29. The number of ether oxygens (including phenoxy) is 4. The predicted molar refractivity (Wildman–Crippen MR) is 382 cm³/mol. The van der Waals surface area contributed by atoms with E-state index in [1.165, 1.54) is 212 Å². The van der Waals surface area contributed by atoms with Crippen LogP contribution in [-0.2, 0) is 65.4 Å². The molecular weight excluding hydrogens is 1230 g/mol. The van der Waals surface area contributed by atoms with Crippen LogP contribution in [0.3, 0.4) is 0 Å². The van der Waals surface area contributed by atoms with E-state index in [1.807, 2.05) is 0 Å². The molecule has 2 unspecified atom stereocenters. The van der Waals surface area contributed by atoms with Crippen molar-refractivity contribution >= 4 is 39.5 Å². The molecule has 0 spiro atoms. The Morgan fingerprint density at radius 1 is 0.287 bits per heavy atom. The Morgan fingerprint density at radius 2 is 0.489 bits per heavy atom. The molecule has 0 saturated heterocycles. The van der Waals surface area contributed by atoms with Crippen molar-refractivity contribution in [3.05, 3.63) is 0 Å². The summed E-state index contributed by atoms with van der Waals surface area (Å²) in [5, 5.41) is 10.6.